The zero-order valence-corrected chi connectivity index (χ0v) is 22.6. The van der Waals surface area contributed by atoms with Gasteiger partial charge in [-0.1, -0.05) is 6.42 Å². The van der Waals surface area contributed by atoms with Crippen molar-refractivity contribution in [1.82, 2.24) is 0 Å². The number of hydrogen-bond donors (Lipinski definition) is 0. The van der Waals surface area contributed by atoms with Gasteiger partial charge < -0.3 is 30.7 Å². The Balaban J connectivity index is 2.30. The molecule has 3 atom stereocenters. The van der Waals surface area contributed by atoms with Crippen LogP contribution in [0.1, 0.15) is 19.3 Å². The molecule has 11 heteroatoms. The second-order valence-corrected chi connectivity index (χ2v) is 22.9. The summed E-state index contributed by atoms with van der Waals surface area (Å²) < 4.78 is 43.3. The van der Waals surface area contributed by atoms with Crippen LogP contribution in [-0.4, -0.2) is 75.4 Å². The lowest BCUT2D eigenvalue weighted by Crippen LogP contribution is -2.58. The lowest BCUT2D eigenvalue weighted by atomic mass is 10.4. The summed E-state index contributed by atoms with van der Waals surface area (Å²) >= 11 is 0. The highest BCUT2D eigenvalue weighted by Crippen LogP contribution is 2.35. The van der Waals surface area contributed by atoms with Gasteiger partial charge in [-0.15, -0.1) is 0 Å². The van der Waals surface area contributed by atoms with Crippen LogP contribution in [0.2, 0.25) is 49.9 Å². The van der Waals surface area contributed by atoms with E-state index in [2.05, 4.69) is 19.6 Å². The highest BCUT2D eigenvalue weighted by Gasteiger charge is 2.50. The third-order valence-corrected chi connectivity index (χ3v) is 22.2. The first-order valence-corrected chi connectivity index (χ1v) is 20.3. The quantitative estimate of drug-likeness (QED) is 0.549. The van der Waals surface area contributed by atoms with Crippen LogP contribution in [0, 0.1) is 0 Å². The molecule has 2 saturated heterocycles. The van der Waals surface area contributed by atoms with Gasteiger partial charge in [0.1, 0.15) is 0 Å². The Morgan fingerprint density at radius 3 is 2.18 bits per heavy atom. The number of rotatable bonds is 6. The van der Waals surface area contributed by atoms with Crippen LogP contribution in [-0.2, 0) is 30.7 Å². The predicted octanol–water partition coefficient (Wildman–Crippen LogP) is 3.85. The summed E-state index contributed by atoms with van der Waals surface area (Å²) in [5.74, 6) is 0. The molecule has 2 rings (SSSR count). The molecule has 0 aromatic carbocycles. The third kappa shape index (κ3) is 7.08. The zero-order valence-electron chi connectivity index (χ0n) is 18.6. The molecule has 2 aliphatic rings. The smallest absolute Gasteiger partial charge is 0.436 e. The van der Waals surface area contributed by atoms with Crippen LogP contribution in [0.15, 0.2) is 0 Å². The van der Waals surface area contributed by atoms with E-state index in [9.17, 15) is 0 Å². The Kier molecular flexibility index (Phi) is 9.54. The van der Waals surface area contributed by atoms with Crippen LogP contribution in [0.3, 0.4) is 0 Å². The molecular formula is C17H40O7Si4. The minimum Gasteiger partial charge on any atom is -0.436 e. The highest BCUT2D eigenvalue weighted by atomic mass is 28.5. The van der Waals surface area contributed by atoms with E-state index in [-0.39, 0.29) is 0 Å². The molecule has 2 heterocycles. The summed E-state index contributed by atoms with van der Waals surface area (Å²) in [5, 5.41) is 0. The normalized spacial score (nSPS) is 36.2. The second kappa shape index (κ2) is 10.8. The van der Waals surface area contributed by atoms with E-state index in [1.54, 1.807) is 21.3 Å². The molecule has 2 bridgehead atoms. The van der Waals surface area contributed by atoms with Crippen LogP contribution in [0.25, 0.3) is 0 Å². The molecule has 7 nitrogen and oxygen atoms in total. The van der Waals surface area contributed by atoms with E-state index in [1.807, 2.05) is 0 Å². The lowest BCUT2D eigenvalue weighted by molar-refractivity contribution is 0.124. The first-order valence-electron chi connectivity index (χ1n) is 10.5. The van der Waals surface area contributed by atoms with E-state index < -0.39 is 34.2 Å². The van der Waals surface area contributed by atoms with Gasteiger partial charge in [0.05, 0.1) is 0 Å². The minimum absolute atomic E-state index is 0.699. The molecular weight excluding hydrogens is 429 g/mol. The van der Waals surface area contributed by atoms with E-state index in [1.165, 1.54) is 0 Å². The summed E-state index contributed by atoms with van der Waals surface area (Å²) in [6.07, 6.45) is 3.23. The number of hydrogen-bond acceptors (Lipinski definition) is 7. The van der Waals surface area contributed by atoms with Crippen molar-refractivity contribution in [2.24, 2.45) is 0 Å². The van der Waals surface area contributed by atoms with Gasteiger partial charge >= 0.3 is 25.9 Å². The minimum atomic E-state index is -2.68. The molecule has 2 aliphatic heterocycles. The maximum absolute atomic E-state index is 7.04. The molecule has 166 valence electrons. The second-order valence-electron chi connectivity index (χ2n) is 8.49. The fourth-order valence-corrected chi connectivity index (χ4v) is 22.3. The van der Waals surface area contributed by atoms with Crippen LogP contribution in [0.4, 0.5) is 0 Å². The van der Waals surface area contributed by atoms with Gasteiger partial charge in [0.25, 0.3) is 0 Å². The summed E-state index contributed by atoms with van der Waals surface area (Å²) in [7, 11) is -4.47. The van der Waals surface area contributed by atoms with Crippen LogP contribution >= 0.6 is 0 Å². The Hall–Kier alpha value is 0.588. The van der Waals surface area contributed by atoms with Gasteiger partial charge in [0.15, 0.2) is 8.32 Å². The highest BCUT2D eigenvalue weighted by molar-refractivity contribution is 6.88. The average molecular weight is 469 g/mol. The Bertz CT molecular complexity index is 448. The predicted molar refractivity (Wildman–Crippen MR) is 118 cm³/mol. The van der Waals surface area contributed by atoms with Crippen LogP contribution < -0.4 is 0 Å². The summed E-state index contributed by atoms with van der Waals surface area (Å²) in [6, 6.07) is 4.60. The fraction of sp³-hybridized carbons (Fsp3) is 1.00. The van der Waals surface area contributed by atoms with Gasteiger partial charge in [-0.25, -0.2) is 0 Å². The molecule has 0 aliphatic carbocycles. The first kappa shape index (κ1) is 24.9. The van der Waals surface area contributed by atoms with Crippen molar-refractivity contribution in [3.63, 3.8) is 0 Å². The number of fused-ring (bicyclic) bond motifs is 4. The van der Waals surface area contributed by atoms with Crippen molar-refractivity contribution in [3.05, 3.63) is 0 Å². The molecule has 3 unspecified atom stereocenters. The van der Waals surface area contributed by atoms with E-state index in [0.29, 0.717) is 6.04 Å². The van der Waals surface area contributed by atoms with Crippen molar-refractivity contribution in [1.29, 1.82) is 0 Å². The van der Waals surface area contributed by atoms with Gasteiger partial charge in [0, 0.05) is 47.2 Å². The summed E-state index contributed by atoms with van der Waals surface area (Å²) in [5.41, 5.74) is 0. The van der Waals surface area contributed by atoms with Gasteiger partial charge in [-0.05, 0) is 56.7 Å². The maximum atomic E-state index is 7.04. The molecule has 0 aromatic rings. The van der Waals surface area contributed by atoms with Crippen molar-refractivity contribution in [2.75, 3.05) is 41.2 Å². The standard InChI is InChI=1S/C17H40O7Si4/c1-18-28(19-2,20-3)17-16-27(6)23-25(4)13-8-7-11-22-26(5,24-27)14-9-10-21-12-15-25/h7-17H2,1-6H3. The fourth-order valence-electron chi connectivity index (χ4n) is 4.19. The molecule has 0 saturated carbocycles. The van der Waals surface area contributed by atoms with Crippen LogP contribution in [0.5, 0.6) is 0 Å². The van der Waals surface area contributed by atoms with E-state index >= 15 is 0 Å². The Labute approximate surface area is 175 Å². The molecule has 0 aromatic heterocycles. The topological polar surface area (TPSA) is 64.6 Å². The molecule has 2 fully saturated rings. The zero-order chi connectivity index (χ0) is 20.7. The maximum Gasteiger partial charge on any atom is 0.500 e. The average Bonchev–Trinajstić information content (AvgIpc) is 2.66. The Morgan fingerprint density at radius 2 is 1.50 bits per heavy atom. The SMILES string of the molecule is CO[Si](CC[Si]1(C)O[Si]2(C)CCCCO[Si](C)(CCCOCC2)O1)(OC)OC. The van der Waals surface area contributed by atoms with Crippen molar-refractivity contribution < 1.29 is 30.7 Å². The largest absolute Gasteiger partial charge is 0.500 e. The molecule has 28 heavy (non-hydrogen) atoms. The van der Waals surface area contributed by atoms with Crippen molar-refractivity contribution in [3.8, 4) is 0 Å². The Morgan fingerprint density at radius 1 is 0.786 bits per heavy atom. The molecule has 0 N–H and O–H groups in total. The molecule has 0 amide bonds. The van der Waals surface area contributed by atoms with Crippen molar-refractivity contribution in [2.45, 2.75) is 69.1 Å². The summed E-state index contributed by atoms with van der Waals surface area (Å²) in [4.78, 5) is 0. The third-order valence-electron chi connectivity index (χ3n) is 5.91. The monoisotopic (exact) mass is 468 g/mol. The van der Waals surface area contributed by atoms with E-state index in [4.69, 9.17) is 30.7 Å². The van der Waals surface area contributed by atoms with Gasteiger partial charge in [0.2, 0.25) is 0 Å². The molecule has 0 spiro atoms. The lowest BCUT2D eigenvalue weighted by Gasteiger charge is -2.43. The van der Waals surface area contributed by atoms with E-state index in [0.717, 1.165) is 63.3 Å². The van der Waals surface area contributed by atoms with Gasteiger partial charge in [-0.2, -0.15) is 0 Å². The first-order chi connectivity index (χ1) is 13.2. The number of ether oxygens (including phenoxy) is 1. The van der Waals surface area contributed by atoms with Crippen molar-refractivity contribution >= 4 is 34.2 Å². The summed E-state index contributed by atoms with van der Waals surface area (Å²) in [6.45, 7) is 9.15. The molecule has 0 radical (unpaired) electrons. The van der Waals surface area contributed by atoms with Gasteiger partial charge in [-0.3, -0.25) is 0 Å².